The molecule has 1 aromatic rings. The topological polar surface area (TPSA) is 80.4 Å². The SMILES string of the molecule is CCC1CCCCC1OCC(O)CNCCc1ncno1. The summed E-state index contributed by atoms with van der Waals surface area (Å²) in [7, 11) is 0. The quantitative estimate of drug-likeness (QED) is 0.673. The molecule has 21 heavy (non-hydrogen) atoms. The molecule has 3 unspecified atom stereocenters. The standard InChI is InChI=1S/C15H27N3O3/c1-2-12-5-3-4-6-14(12)20-10-13(19)9-16-8-7-15-17-11-18-21-15/h11-14,16,19H,2-10H2,1H3. The van der Waals surface area contributed by atoms with Crippen LogP contribution in [0, 0.1) is 5.92 Å². The van der Waals surface area contributed by atoms with Crippen LogP contribution < -0.4 is 5.32 Å². The Morgan fingerprint density at radius 3 is 3.10 bits per heavy atom. The summed E-state index contributed by atoms with van der Waals surface area (Å²) in [5.41, 5.74) is 0. The molecule has 0 saturated heterocycles. The largest absolute Gasteiger partial charge is 0.389 e. The maximum Gasteiger partial charge on any atom is 0.227 e. The number of ether oxygens (including phenoxy) is 1. The minimum absolute atomic E-state index is 0.330. The predicted octanol–water partition coefficient (Wildman–Crippen LogP) is 1.55. The zero-order valence-corrected chi connectivity index (χ0v) is 12.8. The van der Waals surface area contributed by atoms with Crippen molar-refractivity contribution in [2.45, 2.75) is 57.7 Å². The van der Waals surface area contributed by atoms with E-state index in [1.54, 1.807) is 0 Å². The van der Waals surface area contributed by atoms with Crippen molar-refractivity contribution < 1.29 is 14.4 Å². The fourth-order valence-electron chi connectivity index (χ4n) is 2.92. The number of aromatic nitrogens is 2. The number of aliphatic hydroxyl groups is 1. The highest BCUT2D eigenvalue weighted by Crippen LogP contribution is 2.29. The van der Waals surface area contributed by atoms with Gasteiger partial charge in [-0.15, -0.1) is 0 Å². The third-order valence-electron chi connectivity index (χ3n) is 4.17. The Hall–Kier alpha value is -0.980. The number of aliphatic hydroxyl groups excluding tert-OH is 1. The van der Waals surface area contributed by atoms with Crippen LogP contribution in [0.4, 0.5) is 0 Å². The second-order valence-electron chi connectivity index (χ2n) is 5.77. The molecule has 120 valence electrons. The van der Waals surface area contributed by atoms with E-state index in [-0.39, 0.29) is 0 Å². The van der Waals surface area contributed by atoms with Crippen molar-refractivity contribution >= 4 is 0 Å². The Labute approximate surface area is 126 Å². The van der Waals surface area contributed by atoms with Crippen molar-refractivity contribution in [3.63, 3.8) is 0 Å². The molecule has 1 saturated carbocycles. The molecule has 0 spiro atoms. The number of hydrogen-bond donors (Lipinski definition) is 2. The maximum absolute atomic E-state index is 9.96. The van der Waals surface area contributed by atoms with Crippen LogP contribution >= 0.6 is 0 Å². The molecule has 1 aromatic heterocycles. The van der Waals surface area contributed by atoms with Gasteiger partial charge in [0.25, 0.3) is 0 Å². The van der Waals surface area contributed by atoms with Gasteiger partial charge in [-0.2, -0.15) is 4.98 Å². The second-order valence-corrected chi connectivity index (χ2v) is 5.77. The molecule has 1 aliphatic carbocycles. The summed E-state index contributed by atoms with van der Waals surface area (Å²) in [5, 5.41) is 16.7. The van der Waals surface area contributed by atoms with E-state index < -0.39 is 6.10 Å². The van der Waals surface area contributed by atoms with Crippen molar-refractivity contribution in [3.05, 3.63) is 12.2 Å². The first-order chi connectivity index (χ1) is 10.3. The lowest BCUT2D eigenvalue weighted by molar-refractivity contribution is -0.0498. The highest BCUT2D eigenvalue weighted by atomic mass is 16.5. The van der Waals surface area contributed by atoms with E-state index in [1.165, 1.54) is 32.0 Å². The molecule has 1 heterocycles. The third kappa shape index (κ3) is 5.73. The van der Waals surface area contributed by atoms with Crippen LogP contribution in [0.2, 0.25) is 0 Å². The lowest BCUT2D eigenvalue weighted by Gasteiger charge is -2.31. The van der Waals surface area contributed by atoms with Crippen LogP contribution in [-0.2, 0) is 11.2 Å². The Morgan fingerprint density at radius 2 is 2.33 bits per heavy atom. The van der Waals surface area contributed by atoms with Crippen molar-refractivity contribution in [2.24, 2.45) is 5.92 Å². The van der Waals surface area contributed by atoms with Crippen molar-refractivity contribution in [1.29, 1.82) is 0 Å². The van der Waals surface area contributed by atoms with E-state index in [9.17, 15) is 5.11 Å². The molecular weight excluding hydrogens is 270 g/mol. The summed E-state index contributed by atoms with van der Waals surface area (Å²) in [6.07, 6.45) is 8.07. The normalized spacial score (nSPS) is 24.1. The minimum Gasteiger partial charge on any atom is -0.389 e. The average molecular weight is 297 g/mol. The van der Waals surface area contributed by atoms with Crippen molar-refractivity contribution in [2.75, 3.05) is 19.7 Å². The van der Waals surface area contributed by atoms with E-state index in [2.05, 4.69) is 22.4 Å². The van der Waals surface area contributed by atoms with Gasteiger partial charge in [0.2, 0.25) is 5.89 Å². The Morgan fingerprint density at radius 1 is 1.48 bits per heavy atom. The number of nitrogens with zero attached hydrogens (tertiary/aromatic N) is 2. The van der Waals surface area contributed by atoms with Gasteiger partial charge in [0, 0.05) is 19.5 Å². The fourth-order valence-corrected chi connectivity index (χ4v) is 2.92. The third-order valence-corrected chi connectivity index (χ3v) is 4.17. The number of nitrogens with one attached hydrogen (secondary N) is 1. The van der Waals surface area contributed by atoms with E-state index >= 15 is 0 Å². The fraction of sp³-hybridized carbons (Fsp3) is 0.867. The molecule has 1 aliphatic rings. The first kappa shape index (κ1) is 16.4. The predicted molar refractivity (Wildman–Crippen MR) is 78.9 cm³/mol. The van der Waals surface area contributed by atoms with Gasteiger partial charge in [0.15, 0.2) is 6.33 Å². The van der Waals surface area contributed by atoms with Crippen LogP contribution in [0.25, 0.3) is 0 Å². The minimum atomic E-state index is -0.466. The first-order valence-electron chi connectivity index (χ1n) is 8.05. The Bertz CT molecular complexity index is 372. The average Bonchev–Trinajstić information content (AvgIpc) is 3.03. The summed E-state index contributed by atoms with van der Waals surface area (Å²) in [6, 6.07) is 0. The zero-order chi connectivity index (χ0) is 14.9. The van der Waals surface area contributed by atoms with Gasteiger partial charge in [-0.05, 0) is 18.8 Å². The first-order valence-corrected chi connectivity index (χ1v) is 8.05. The smallest absolute Gasteiger partial charge is 0.227 e. The van der Waals surface area contributed by atoms with Gasteiger partial charge in [-0.1, -0.05) is 31.3 Å². The molecule has 6 heteroatoms. The van der Waals surface area contributed by atoms with Gasteiger partial charge in [-0.3, -0.25) is 0 Å². The van der Waals surface area contributed by atoms with E-state index in [4.69, 9.17) is 9.26 Å². The lowest BCUT2D eigenvalue weighted by Crippen LogP contribution is -2.35. The highest BCUT2D eigenvalue weighted by molar-refractivity contribution is 4.77. The monoisotopic (exact) mass is 297 g/mol. The van der Waals surface area contributed by atoms with Crippen LogP contribution in [0.15, 0.2) is 10.9 Å². The van der Waals surface area contributed by atoms with E-state index in [0.29, 0.717) is 44.0 Å². The molecule has 0 amide bonds. The molecule has 3 atom stereocenters. The Kier molecular flexibility index (Phi) is 7.12. The Balaban J connectivity index is 1.55. The van der Waals surface area contributed by atoms with Crippen molar-refractivity contribution in [3.8, 4) is 0 Å². The summed E-state index contributed by atoms with van der Waals surface area (Å²) < 4.78 is 10.8. The van der Waals surface area contributed by atoms with Crippen LogP contribution in [-0.4, -0.2) is 47.2 Å². The molecule has 2 rings (SSSR count). The molecular formula is C15H27N3O3. The van der Waals surface area contributed by atoms with Gasteiger partial charge < -0.3 is 19.7 Å². The molecule has 2 N–H and O–H groups in total. The van der Waals surface area contributed by atoms with E-state index in [0.717, 1.165) is 6.42 Å². The van der Waals surface area contributed by atoms with Gasteiger partial charge in [0.1, 0.15) is 0 Å². The summed E-state index contributed by atoms with van der Waals surface area (Å²) in [5.74, 6) is 1.28. The van der Waals surface area contributed by atoms with Gasteiger partial charge >= 0.3 is 0 Å². The number of hydrogen-bond acceptors (Lipinski definition) is 6. The maximum atomic E-state index is 9.96. The molecule has 6 nitrogen and oxygen atoms in total. The van der Waals surface area contributed by atoms with E-state index in [1.807, 2.05) is 0 Å². The summed E-state index contributed by atoms with van der Waals surface area (Å²) >= 11 is 0. The highest BCUT2D eigenvalue weighted by Gasteiger charge is 2.24. The molecule has 0 radical (unpaired) electrons. The van der Waals surface area contributed by atoms with Gasteiger partial charge in [0.05, 0.1) is 18.8 Å². The van der Waals surface area contributed by atoms with Crippen LogP contribution in [0.3, 0.4) is 0 Å². The van der Waals surface area contributed by atoms with Gasteiger partial charge in [-0.25, -0.2) is 0 Å². The summed E-state index contributed by atoms with van der Waals surface area (Å²) in [6.45, 7) is 3.87. The molecule has 1 fully saturated rings. The molecule has 0 bridgehead atoms. The van der Waals surface area contributed by atoms with Crippen LogP contribution in [0.1, 0.15) is 44.9 Å². The van der Waals surface area contributed by atoms with Crippen molar-refractivity contribution in [1.82, 2.24) is 15.5 Å². The van der Waals surface area contributed by atoms with Crippen LogP contribution in [0.5, 0.6) is 0 Å². The number of rotatable bonds is 9. The lowest BCUT2D eigenvalue weighted by atomic mass is 9.85. The summed E-state index contributed by atoms with van der Waals surface area (Å²) in [4.78, 5) is 3.94. The zero-order valence-electron chi connectivity index (χ0n) is 12.8. The second kappa shape index (κ2) is 9.12. The molecule has 0 aromatic carbocycles. The molecule has 0 aliphatic heterocycles.